The smallest absolute Gasteiger partial charge is 0.335 e. The Labute approximate surface area is 279 Å². The van der Waals surface area contributed by atoms with Crippen LogP contribution >= 0.6 is 0 Å². The third-order valence-electron chi connectivity index (χ3n) is 7.29. The summed E-state index contributed by atoms with van der Waals surface area (Å²) in [5.41, 5.74) is 0.00162. The number of amides is 3. The molecule has 0 spiro atoms. The molecule has 264 valence electrons. The molecule has 2 aliphatic heterocycles. The minimum absolute atomic E-state index is 0.00901. The first kappa shape index (κ1) is 36.8. The number of nitrogens with zero attached hydrogens (tertiary/aromatic N) is 1. The fraction of sp³-hybridized carbons (Fsp3) is 0.419. The molecule has 0 bridgehead atoms. The van der Waals surface area contributed by atoms with Crippen molar-refractivity contribution in [3.8, 4) is 11.5 Å². The standard InChI is InChI=1S/C31H34N2O15S/c1-6-44-22-12-17(20(13-49(5,42)43)33-28(38)18-8-7-9-19(32-14(2)34)23(18)29(33)39)10-11-21(22)47-31-27(46-16(4)36)25(45-15(3)35)24(37)26(48-31)30(40)41/h7-12,20,24-27,31,37H,6,13H2,1-5H3,(H,32,34)(H,40,41)/t20-,24+,25+,26+,27-,31-/m1/s1. The summed E-state index contributed by atoms with van der Waals surface area (Å²) >= 11 is 0. The molecular formula is C31H34N2O15S. The number of aliphatic hydroxyl groups is 1. The minimum Gasteiger partial charge on any atom is -0.490 e. The van der Waals surface area contributed by atoms with E-state index in [-0.39, 0.29) is 40.5 Å². The highest BCUT2D eigenvalue weighted by atomic mass is 32.2. The average Bonchev–Trinajstić information content (AvgIpc) is 3.24. The molecule has 6 atom stereocenters. The fourth-order valence-corrected chi connectivity index (χ4v) is 6.39. The van der Waals surface area contributed by atoms with Gasteiger partial charge in [0, 0.05) is 27.0 Å². The number of esters is 2. The summed E-state index contributed by atoms with van der Waals surface area (Å²) in [6, 6.07) is 6.73. The van der Waals surface area contributed by atoms with Gasteiger partial charge in [-0.1, -0.05) is 12.1 Å². The van der Waals surface area contributed by atoms with Crippen LogP contribution in [0.15, 0.2) is 36.4 Å². The van der Waals surface area contributed by atoms with E-state index < -0.39 is 88.0 Å². The van der Waals surface area contributed by atoms with Gasteiger partial charge in [0.05, 0.1) is 35.2 Å². The zero-order valence-corrected chi connectivity index (χ0v) is 27.7. The van der Waals surface area contributed by atoms with Gasteiger partial charge >= 0.3 is 17.9 Å². The van der Waals surface area contributed by atoms with E-state index in [0.29, 0.717) is 0 Å². The maximum Gasteiger partial charge on any atom is 0.335 e. The van der Waals surface area contributed by atoms with Crippen LogP contribution in [0.5, 0.6) is 11.5 Å². The predicted octanol–water partition coefficient (Wildman–Crippen LogP) is 0.838. The summed E-state index contributed by atoms with van der Waals surface area (Å²) in [6.45, 7) is 4.83. The SMILES string of the molecule is CCOc1cc([C@@H](CS(C)(=O)=O)N2C(=O)c3cccc(NC(C)=O)c3C2=O)ccc1O[C@@H]1O[C@H](C(=O)O)[C@@H](O)[C@H](OC(C)=O)[C@H]1OC(C)=O. The molecule has 0 aliphatic carbocycles. The highest BCUT2D eigenvalue weighted by molar-refractivity contribution is 7.90. The zero-order valence-electron chi connectivity index (χ0n) is 26.9. The molecule has 1 fully saturated rings. The number of carboxylic acids is 1. The van der Waals surface area contributed by atoms with Crippen molar-refractivity contribution in [2.45, 2.75) is 64.4 Å². The number of carboxylic acid groups (broad SMARTS) is 1. The van der Waals surface area contributed by atoms with E-state index in [4.69, 9.17) is 23.7 Å². The molecule has 1 saturated heterocycles. The summed E-state index contributed by atoms with van der Waals surface area (Å²) in [4.78, 5) is 75.6. The number of rotatable bonds is 12. The largest absolute Gasteiger partial charge is 0.490 e. The van der Waals surface area contributed by atoms with Crippen LogP contribution in [0.4, 0.5) is 5.69 Å². The highest BCUT2D eigenvalue weighted by Gasteiger charge is 2.53. The van der Waals surface area contributed by atoms with Gasteiger partial charge in [-0.2, -0.15) is 0 Å². The van der Waals surface area contributed by atoms with Crippen LogP contribution < -0.4 is 14.8 Å². The van der Waals surface area contributed by atoms with E-state index in [1.54, 1.807) is 6.92 Å². The van der Waals surface area contributed by atoms with Gasteiger partial charge in [-0.3, -0.25) is 28.9 Å². The lowest BCUT2D eigenvalue weighted by Gasteiger charge is -2.41. The van der Waals surface area contributed by atoms with Crippen LogP contribution in [0, 0.1) is 0 Å². The quantitative estimate of drug-likeness (QED) is 0.205. The number of carbonyl (C=O) groups is 6. The van der Waals surface area contributed by atoms with Gasteiger partial charge < -0.3 is 39.2 Å². The van der Waals surface area contributed by atoms with Crippen LogP contribution in [-0.4, -0.2) is 108 Å². The number of anilines is 1. The van der Waals surface area contributed by atoms with Crippen molar-refractivity contribution in [1.82, 2.24) is 4.90 Å². The fourth-order valence-electron chi connectivity index (χ4n) is 5.48. The van der Waals surface area contributed by atoms with E-state index in [9.17, 15) is 47.4 Å². The number of fused-ring (bicyclic) bond motifs is 1. The monoisotopic (exact) mass is 706 g/mol. The molecule has 49 heavy (non-hydrogen) atoms. The number of benzene rings is 2. The molecule has 2 aromatic rings. The molecule has 4 rings (SSSR count). The number of aliphatic hydroxyl groups excluding tert-OH is 1. The van der Waals surface area contributed by atoms with Crippen molar-refractivity contribution in [3.05, 3.63) is 53.1 Å². The Balaban J connectivity index is 1.78. The number of carbonyl (C=O) groups excluding carboxylic acids is 5. The first-order valence-corrected chi connectivity index (χ1v) is 16.8. The highest BCUT2D eigenvalue weighted by Crippen LogP contribution is 2.40. The minimum atomic E-state index is -3.86. The van der Waals surface area contributed by atoms with Gasteiger partial charge in [-0.15, -0.1) is 0 Å². The van der Waals surface area contributed by atoms with Crippen molar-refractivity contribution in [2.75, 3.05) is 23.9 Å². The van der Waals surface area contributed by atoms with Crippen molar-refractivity contribution < 1.29 is 71.1 Å². The lowest BCUT2D eigenvalue weighted by molar-refractivity contribution is -0.279. The van der Waals surface area contributed by atoms with Crippen LogP contribution in [0.2, 0.25) is 0 Å². The second kappa shape index (κ2) is 14.6. The second-order valence-electron chi connectivity index (χ2n) is 11.2. The number of hydrogen-bond acceptors (Lipinski definition) is 14. The Hall–Kier alpha value is -5.07. The summed E-state index contributed by atoms with van der Waals surface area (Å²) < 4.78 is 52.7. The normalized spacial score (nSPS) is 22.5. The first-order chi connectivity index (χ1) is 22.9. The van der Waals surface area contributed by atoms with Crippen LogP contribution in [0.25, 0.3) is 0 Å². The van der Waals surface area contributed by atoms with Gasteiger partial charge in [0.25, 0.3) is 11.8 Å². The Morgan fingerprint density at radius 2 is 1.63 bits per heavy atom. The Kier molecular flexibility index (Phi) is 10.9. The van der Waals surface area contributed by atoms with Crippen molar-refractivity contribution in [3.63, 3.8) is 0 Å². The Morgan fingerprint density at radius 3 is 2.20 bits per heavy atom. The second-order valence-corrected chi connectivity index (χ2v) is 13.3. The van der Waals surface area contributed by atoms with Crippen LogP contribution in [-0.2, 0) is 43.2 Å². The Morgan fingerprint density at radius 1 is 0.980 bits per heavy atom. The van der Waals surface area contributed by atoms with Gasteiger partial charge in [0.1, 0.15) is 15.9 Å². The third kappa shape index (κ3) is 8.15. The summed E-state index contributed by atoms with van der Waals surface area (Å²) in [5.74, 6) is -6.62. The average molecular weight is 707 g/mol. The molecule has 0 radical (unpaired) electrons. The topological polar surface area (TPSA) is 238 Å². The molecule has 17 nitrogen and oxygen atoms in total. The summed E-state index contributed by atoms with van der Waals surface area (Å²) in [5, 5.41) is 22.8. The molecule has 0 unspecified atom stereocenters. The van der Waals surface area contributed by atoms with E-state index in [2.05, 4.69) is 5.32 Å². The van der Waals surface area contributed by atoms with Crippen molar-refractivity contribution in [2.24, 2.45) is 0 Å². The number of nitrogens with one attached hydrogen (secondary N) is 1. The number of sulfone groups is 1. The maximum absolute atomic E-state index is 13.7. The molecular weight excluding hydrogens is 672 g/mol. The molecule has 2 aromatic carbocycles. The van der Waals surface area contributed by atoms with E-state index >= 15 is 0 Å². The lowest BCUT2D eigenvalue weighted by Crippen LogP contribution is -2.63. The van der Waals surface area contributed by atoms with Crippen molar-refractivity contribution >= 4 is 51.2 Å². The molecule has 0 aromatic heterocycles. The van der Waals surface area contributed by atoms with Crippen LogP contribution in [0.1, 0.15) is 60.0 Å². The first-order valence-electron chi connectivity index (χ1n) is 14.7. The van der Waals surface area contributed by atoms with Crippen molar-refractivity contribution in [1.29, 1.82) is 0 Å². The zero-order chi connectivity index (χ0) is 36.4. The Bertz CT molecular complexity index is 1790. The number of ether oxygens (including phenoxy) is 5. The summed E-state index contributed by atoms with van der Waals surface area (Å²) in [7, 11) is -3.86. The molecule has 0 saturated carbocycles. The molecule has 3 amide bonds. The van der Waals surface area contributed by atoms with Gasteiger partial charge in [0.2, 0.25) is 18.3 Å². The van der Waals surface area contributed by atoms with Gasteiger partial charge in [-0.25, -0.2) is 13.2 Å². The van der Waals surface area contributed by atoms with E-state index in [1.807, 2.05) is 0 Å². The molecule has 2 heterocycles. The summed E-state index contributed by atoms with van der Waals surface area (Å²) in [6.07, 6.45) is -8.24. The van der Waals surface area contributed by atoms with E-state index in [1.165, 1.54) is 43.3 Å². The number of aliphatic carboxylic acids is 1. The molecule has 3 N–H and O–H groups in total. The third-order valence-corrected chi connectivity index (χ3v) is 8.21. The molecule has 2 aliphatic rings. The van der Waals surface area contributed by atoms with Gasteiger partial charge in [-0.05, 0) is 36.8 Å². The van der Waals surface area contributed by atoms with Gasteiger partial charge in [0.15, 0.2) is 23.7 Å². The lowest BCUT2D eigenvalue weighted by atomic mass is 9.98. The predicted molar refractivity (Wildman–Crippen MR) is 165 cm³/mol. The van der Waals surface area contributed by atoms with Crippen LogP contribution in [0.3, 0.4) is 0 Å². The van der Waals surface area contributed by atoms with E-state index in [0.717, 1.165) is 25.0 Å². The maximum atomic E-state index is 13.7. The molecule has 18 heteroatoms. The number of hydrogen-bond donors (Lipinski definition) is 3. The number of imide groups is 1.